The van der Waals surface area contributed by atoms with Gasteiger partial charge in [0.05, 0.1) is 0 Å². The van der Waals surface area contributed by atoms with E-state index in [9.17, 15) is 29.1 Å². The Morgan fingerprint density at radius 1 is 0.787 bits per heavy atom. The second-order valence-corrected chi connectivity index (χ2v) is 14.3. The number of primary amides is 1. The van der Waals surface area contributed by atoms with Crippen LogP contribution in [0.4, 0.5) is 4.79 Å². The molecule has 2 aromatic rings. The third-order valence-electron chi connectivity index (χ3n) is 6.66. The molecule has 3 atom stereocenters. The lowest BCUT2D eigenvalue weighted by Gasteiger charge is -2.43. The molecule has 0 aliphatic heterocycles. The third-order valence-corrected chi connectivity index (χ3v) is 6.66. The number of carbonyl (C=O) groups is 5. The van der Waals surface area contributed by atoms with Gasteiger partial charge in [-0.05, 0) is 80.4 Å². The van der Waals surface area contributed by atoms with Gasteiger partial charge in [-0.25, -0.2) is 9.59 Å². The highest BCUT2D eigenvalue weighted by molar-refractivity contribution is 5.95. The van der Waals surface area contributed by atoms with Crippen molar-refractivity contribution < 1.29 is 38.6 Å². The van der Waals surface area contributed by atoms with Gasteiger partial charge in [0.1, 0.15) is 35.1 Å². The molecule has 47 heavy (non-hydrogen) atoms. The average molecular weight is 655 g/mol. The molecule has 0 saturated carbocycles. The Balaban J connectivity index is 2.67. The van der Waals surface area contributed by atoms with Crippen LogP contribution in [0.3, 0.4) is 0 Å². The average Bonchev–Trinajstić information content (AvgIpc) is 2.91. The van der Waals surface area contributed by atoms with E-state index in [0.717, 1.165) is 5.56 Å². The van der Waals surface area contributed by atoms with E-state index < -0.39 is 64.7 Å². The number of amides is 4. The number of esters is 1. The first-order valence-electron chi connectivity index (χ1n) is 15.5. The van der Waals surface area contributed by atoms with E-state index in [1.165, 1.54) is 17.0 Å². The lowest BCUT2D eigenvalue weighted by Crippen LogP contribution is -2.59. The molecule has 0 heterocycles. The SMILES string of the molecule is CC(C)(C)OC(=O)NC(CCC(N)=O)C(=O)N(C(C(=O)NC(Cc1ccccc1)C(=O)OC(C)(C)C)c1ccccc1O)C(C)(C)C. The summed E-state index contributed by atoms with van der Waals surface area (Å²) in [6.45, 7) is 15.1. The summed E-state index contributed by atoms with van der Waals surface area (Å²) in [6.07, 6.45) is -1.27. The summed E-state index contributed by atoms with van der Waals surface area (Å²) in [5.41, 5.74) is 3.36. The van der Waals surface area contributed by atoms with Crippen LogP contribution in [0.2, 0.25) is 0 Å². The van der Waals surface area contributed by atoms with Crippen LogP contribution in [0, 0.1) is 0 Å². The van der Waals surface area contributed by atoms with Gasteiger partial charge in [0.25, 0.3) is 0 Å². The zero-order valence-corrected chi connectivity index (χ0v) is 28.9. The van der Waals surface area contributed by atoms with Gasteiger partial charge in [-0.15, -0.1) is 0 Å². The van der Waals surface area contributed by atoms with Gasteiger partial charge in [0, 0.05) is 23.9 Å². The van der Waals surface area contributed by atoms with Crippen LogP contribution >= 0.6 is 0 Å². The van der Waals surface area contributed by atoms with Gasteiger partial charge in [0.15, 0.2) is 0 Å². The van der Waals surface area contributed by atoms with E-state index in [1.54, 1.807) is 98.7 Å². The maximum atomic E-state index is 14.5. The number of nitrogens with two attached hydrogens (primary N) is 1. The second kappa shape index (κ2) is 15.8. The summed E-state index contributed by atoms with van der Waals surface area (Å²) < 4.78 is 11.0. The lowest BCUT2D eigenvalue weighted by atomic mass is 9.93. The molecule has 12 nitrogen and oxygen atoms in total. The van der Waals surface area contributed by atoms with Crippen LogP contribution in [0.25, 0.3) is 0 Å². The van der Waals surface area contributed by atoms with Crippen LogP contribution in [-0.2, 0) is 35.1 Å². The van der Waals surface area contributed by atoms with Gasteiger partial charge in [-0.3, -0.25) is 14.4 Å². The summed E-state index contributed by atoms with van der Waals surface area (Å²) in [7, 11) is 0. The van der Waals surface area contributed by atoms with Crippen molar-refractivity contribution in [2.75, 3.05) is 0 Å². The first-order chi connectivity index (χ1) is 21.6. The fraction of sp³-hybridized carbons (Fsp3) is 0.514. The van der Waals surface area contributed by atoms with Crippen molar-refractivity contribution >= 4 is 29.8 Å². The largest absolute Gasteiger partial charge is 0.508 e. The van der Waals surface area contributed by atoms with Crippen molar-refractivity contribution in [2.24, 2.45) is 5.73 Å². The molecule has 258 valence electrons. The molecule has 0 saturated heterocycles. The van der Waals surface area contributed by atoms with Crippen LogP contribution < -0.4 is 16.4 Å². The number of rotatable bonds is 12. The number of aromatic hydroxyl groups is 1. The number of para-hydroxylation sites is 1. The summed E-state index contributed by atoms with van der Waals surface area (Å²) in [5.74, 6) is -3.20. The highest BCUT2D eigenvalue weighted by Gasteiger charge is 2.44. The number of hydrogen-bond donors (Lipinski definition) is 4. The summed E-state index contributed by atoms with van der Waals surface area (Å²) >= 11 is 0. The predicted octanol–water partition coefficient (Wildman–Crippen LogP) is 4.29. The zero-order valence-electron chi connectivity index (χ0n) is 28.9. The molecular weight excluding hydrogens is 604 g/mol. The minimum absolute atomic E-state index is 0.0712. The van der Waals surface area contributed by atoms with Gasteiger partial charge in [-0.2, -0.15) is 0 Å². The van der Waals surface area contributed by atoms with Crippen LogP contribution in [-0.4, -0.2) is 68.6 Å². The normalized spacial score (nSPS) is 13.8. The van der Waals surface area contributed by atoms with E-state index in [-0.39, 0.29) is 30.6 Å². The maximum Gasteiger partial charge on any atom is 0.408 e. The van der Waals surface area contributed by atoms with Gasteiger partial charge in [0.2, 0.25) is 17.7 Å². The van der Waals surface area contributed by atoms with Crippen molar-refractivity contribution in [3.63, 3.8) is 0 Å². The number of nitrogens with zero attached hydrogens (tertiary/aromatic N) is 1. The van der Waals surface area contributed by atoms with Gasteiger partial charge >= 0.3 is 12.1 Å². The van der Waals surface area contributed by atoms with Crippen LogP contribution in [0.5, 0.6) is 5.75 Å². The summed E-state index contributed by atoms with van der Waals surface area (Å²) in [4.78, 5) is 68.2. The quantitative estimate of drug-likeness (QED) is 0.245. The van der Waals surface area contributed by atoms with Crippen LogP contribution in [0.1, 0.15) is 92.3 Å². The molecule has 0 fully saturated rings. The summed E-state index contributed by atoms with van der Waals surface area (Å²) in [5, 5.41) is 16.3. The van der Waals surface area contributed by atoms with E-state index in [1.807, 2.05) is 6.07 Å². The van der Waals surface area contributed by atoms with E-state index in [2.05, 4.69) is 10.6 Å². The molecule has 0 aliphatic carbocycles. The Hall–Kier alpha value is -4.61. The molecule has 0 aromatic heterocycles. The Bertz CT molecular complexity index is 1410. The number of nitrogens with one attached hydrogen (secondary N) is 2. The third kappa shape index (κ3) is 12.6. The first-order valence-corrected chi connectivity index (χ1v) is 15.5. The molecular formula is C35H50N4O8. The Labute approximate surface area is 277 Å². The number of ether oxygens (including phenoxy) is 2. The molecule has 2 rings (SSSR count). The highest BCUT2D eigenvalue weighted by Crippen LogP contribution is 2.35. The van der Waals surface area contributed by atoms with E-state index >= 15 is 0 Å². The molecule has 2 aromatic carbocycles. The highest BCUT2D eigenvalue weighted by atomic mass is 16.6. The topological polar surface area (TPSA) is 177 Å². The number of phenols is 1. The van der Waals surface area contributed by atoms with Gasteiger partial charge < -0.3 is 35.8 Å². The maximum absolute atomic E-state index is 14.5. The van der Waals surface area contributed by atoms with Crippen LogP contribution in [0.15, 0.2) is 54.6 Å². The minimum atomic E-state index is -1.50. The summed E-state index contributed by atoms with van der Waals surface area (Å²) in [6, 6.07) is 11.1. The molecule has 3 unspecified atom stereocenters. The van der Waals surface area contributed by atoms with E-state index in [4.69, 9.17) is 15.2 Å². The molecule has 0 aliphatic rings. The van der Waals surface area contributed by atoms with Crippen molar-refractivity contribution in [1.29, 1.82) is 0 Å². The van der Waals surface area contributed by atoms with Gasteiger partial charge in [-0.1, -0.05) is 48.5 Å². The standard InChI is InChI=1S/C35H50N4O8/c1-33(2,3)39(30(43)24(19-20-27(36)41)38-32(45)47-35(7,8)9)28(23-17-13-14-18-26(23)40)29(42)37-25(31(44)46-34(4,5)6)21-22-15-11-10-12-16-22/h10-18,24-25,28,40H,19-21H2,1-9H3,(H2,36,41)(H,37,42)(H,38,45). The monoisotopic (exact) mass is 654 g/mol. The molecule has 0 bridgehead atoms. The van der Waals surface area contributed by atoms with Crippen molar-refractivity contribution in [3.05, 3.63) is 65.7 Å². The fourth-order valence-electron chi connectivity index (χ4n) is 4.79. The lowest BCUT2D eigenvalue weighted by molar-refractivity contribution is -0.159. The molecule has 4 amide bonds. The zero-order chi connectivity index (χ0) is 35.7. The Kier molecular flexibility index (Phi) is 13.0. The number of hydrogen-bond acceptors (Lipinski definition) is 8. The number of benzene rings is 2. The molecule has 12 heteroatoms. The Morgan fingerprint density at radius 2 is 1.34 bits per heavy atom. The van der Waals surface area contributed by atoms with Crippen molar-refractivity contribution in [3.8, 4) is 5.75 Å². The number of carbonyl (C=O) groups excluding carboxylic acids is 5. The fourth-order valence-corrected chi connectivity index (χ4v) is 4.79. The minimum Gasteiger partial charge on any atom is -0.508 e. The van der Waals surface area contributed by atoms with Crippen molar-refractivity contribution in [1.82, 2.24) is 15.5 Å². The Morgan fingerprint density at radius 3 is 1.85 bits per heavy atom. The van der Waals surface area contributed by atoms with Crippen molar-refractivity contribution in [2.45, 2.75) is 116 Å². The second-order valence-electron chi connectivity index (χ2n) is 14.3. The smallest absolute Gasteiger partial charge is 0.408 e. The number of phenolic OH excluding ortho intramolecular Hbond substituents is 1. The first kappa shape index (κ1) is 38.6. The predicted molar refractivity (Wildman–Crippen MR) is 177 cm³/mol. The number of alkyl carbamates (subject to hydrolysis) is 1. The molecule has 5 N–H and O–H groups in total. The molecule has 0 radical (unpaired) electrons. The van der Waals surface area contributed by atoms with E-state index in [0.29, 0.717) is 0 Å². The molecule has 0 spiro atoms.